The average molecular weight is 403 g/mol. The Kier molecular flexibility index (Phi) is 6.22. The predicted octanol–water partition coefficient (Wildman–Crippen LogP) is 7.13. The van der Waals surface area contributed by atoms with Crippen LogP contribution in [-0.2, 0) is 0 Å². The molecule has 0 saturated heterocycles. The molecule has 2 nitrogen and oxygen atoms in total. The van der Waals surface area contributed by atoms with Gasteiger partial charge in [-0.2, -0.15) is 0 Å². The number of aliphatic imine (C=N–C) groups is 1. The summed E-state index contributed by atoms with van der Waals surface area (Å²) in [6.45, 7) is 0. The Labute approximate surface area is 165 Å². The molecular formula is C21H14Cl2F2N2. The first kappa shape index (κ1) is 19.1. The monoisotopic (exact) mass is 402 g/mol. The predicted molar refractivity (Wildman–Crippen MR) is 109 cm³/mol. The van der Waals surface area contributed by atoms with Crippen molar-refractivity contribution in [3.8, 4) is 0 Å². The molecule has 0 bridgehead atoms. The maximum Gasteiger partial charge on any atom is 0.123 e. The van der Waals surface area contributed by atoms with Gasteiger partial charge in [-0.05, 0) is 72.3 Å². The van der Waals surface area contributed by atoms with E-state index in [1.807, 2.05) is 6.07 Å². The first-order valence-electron chi connectivity index (χ1n) is 7.99. The zero-order valence-electron chi connectivity index (χ0n) is 14.0. The second-order valence-electron chi connectivity index (χ2n) is 5.60. The van der Waals surface area contributed by atoms with Gasteiger partial charge in [0.1, 0.15) is 11.6 Å². The average Bonchev–Trinajstić information content (AvgIpc) is 2.66. The van der Waals surface area contributed by atoms with Gasteiger partial charge in [-0.1, -0.05) is 29.3 Å². The number of nitrogens with zero attached hydrogens (tertiary/aromatic N) is 1. The molecule has 0 heterocycles. The normalized spacial score (nSPS) is 11.8. The molecule has 136 valence electrons. The number of rotatable bonds is 5. The highest BCUT2D eigenvalue weighted by Gasteiger charge is 2.06. The van der Waals surface area contributed by atoms with E-state index in [2.05, 4.69) is 10.3 Å². The van der Waals surface area contributed by atoms with Gasteiger partial charge in [-0.15, -0.1) is 0 Å². The Morgan fingerprint density at radius 2 is 1.44 bits per heavy atom. The lowest BCUT2D eigenvalue weighted by Gasteiger charge is -2.12. The Morgan fingerprint density at radius 3 is 2.07 bits per heavy atom. The molecule has 0 radical (unpaired) electrons. The highest BCUT2D eigenvalue weighted by atomic mass is 35.5. The Bertz CT molecular complexity index is 982. The van der Waals surface area contributed by atoms with Crippen LogP contribution in [0.5, 0.6) is 0 Å². The molecule has 0 aliphatic carbocycles. The molecular weight excluding hydrogens is 389 g/mol. The lowest BCUT2D eigenvalue weighted by Crippen LogP contribution is -1.99. The van der Waals surface area contributed by atoms with E-state index in [0.717, 1.165) is 5.56 Å². The van der Waals surface area contributed by atoms with E-state index >= 15 is 0 Å². The number of halogens is 4. The summed E-state index contributed by atoms with van der Waals surface area (Å²) in [5.74, 6) is -0.641. The van der Waals surface area contributed by atoms with Crippen molar-refractivity contribution in [3.05, 3.63) is 100 Å². The molecule has 0 aliphatic rings. The van der Waals surface area contributed by atoms with Gasteiger partial charge in [-0.3, -0.25) is 4.99 Å². The minimum Gasteiger partial charge on any atom is -0.355 e. The van der Waals surface area contributed by atoms with Gasteiger partial charge in [0.2, 0.25) is 0 Å². The van der Waals surface area contributed by atoms with Gasteiger partial charge < -0.3 is 5.32 Å². The molecule has 0 atom stereocenters. The van der Waals surface area contributed by atoms with Crippen molar-refractivity contribution < 1.29 is 8.78 Å². The highest BCUT2D eigenvalue weighted by Crippen LogP contribution is 2.27. The van der Waals surface area contributed by atoms with Crippen LogP contribution in [0.4, 0.5) is 20.2 Å². The summed E-state index contributed by atoms with van der Waals surface area (Å²) in [7, 11) is 0. The second-order valence-corrected chi connectivity index (χ2v) is 6.41. The minimum absolute atomic E-state index is 0.320. The van der Waals surface area contributed by atoms with Crippen LogP contribution in [0.15, 0.2) is 77.8 Å². The maximum atomic E-state index is 13.1. The molecule has 3 rings (SSSR count). The molecule has 0 aliphatic heterocycles. The van der Waals surface area contributed by atoms with Gasteiger partial charge in [0.15, 0.2) is 0 Å². The van der Waals surface area contributed by atoms with Crippen LogP contribution in [-0.4, -0.2) is 6.21 Å². The fourth-order valence-corrected chi connectivity index (χ4v) is 2.59. The third-order valence-electron chi connectivity index (χ3n) is 3.65. The van der Waals surface area contributed by atoms with E-state index in [1.54, 1.807) is 48.7 Å². The van der Waals surface area contributed by atoms with Crippen LogP contribution in [0.2, 0.25) is 10.0 Å². The van der Waals surface area contributed by atoms with Gasteiger partial charge >= 0.3 is 0 Å². The van der Waals surface area contributed by atoms with Crippen molar-refractivity contribution in [1.29, 1.82) is 0 Å². The Morgan fingerprint density at radius 1 is 0.815 bits per heavy atom. The first-order chi connectivity index (χ1) is 13.0. The van der Waals surface area contributed by atoms with Crippen molar-refractivity contribution >= 4 is 46.5 Å². The van der Waals surface area contributed by atoms with E-state index in [0.29, 0.717) is 27.1 Å². The summed E-state index contributed by atoms with van der Waals surface area (Å²) in [5, 5.41) is 4.07. The van der Waals surface area contributed by atoms with E-state index in [4.69, 9.17) is 23.2 Å². The van der Waals surface area contributed by atoms with Crippen molar-refractivity contribution in [2.24, 2.45) is 4.99 Å². The fraction of sp³-hybridized carbons (Fsp3) is 0. The van der Waals surface area contributed by atoms with Crippen LogP contribution >= 0.6 is 23.2 Å². The Balaban J connectivity index is 1.91. The van der Waals surface area contributed by atoms with Crippen molar-refractivity contribution in [2.45, 2.75) is 0 Å². The van der Waals surface area contributed by atoms with Crippen LogP contribution in [0.1, 0.15) is 5.56 Å². The summed E-state index contributed by atoms with van der Waals surface area (Å²) < 4.78 is 26.1. The van der Waals surface area contributed by atoms with Crippen molar-refractivity contribution in [2.75, 3.05) is 5.32 Å². The summed E-state index contributed by atoms with van der Waals surface area (Å²) in [4.78, 5) is 4.28. The molecule has 6 heteroatoms. The van der Waals surface area contributed by atoms with E-state index < -0.39 is 0 Å². The summed E-state index contributed by atoms with van der Waals surface area (Å²) in [6, 6.07) is 17.0. The summed E-state index contributed by atoms with van der Waals surface area (Å²) in [6.07, 6.45) is 3.33. The maximum absolute atomic E-state index is 13.1. The van der Waals surface area contributed by atoms with Gasteiger partial charge in [0.05, 0.1) is 15.7 Å². The zero-order valence-corrected chi connectivity index (χ0v) is 15.5. The third-order valence-corrected chi connectivity index (χ3v) is 4.38. The van der Waals surface area contributed by atoms with Crippen molar-refractivity contribution in [3.63, 3.8) is 0 Å². The van der Waals surface area contributed by atoms with Crippen LogP contribution in [0, 0.1) is 11.6 Å². The number of allylic oxidation sites excluding steroid dienone is 1. The number of nitrogens with one attached hydrogen (secondary N) is 1. The lowest BCUT2D eigenvalue weighted by molar-refractivity contribution is 0.627. The van der Waals surface area contributed by atoms with Crippen LogP contribution in [0.3, 0.4) is 0 Å². The van der Waals surface area contributed by atoms with Gasteiger partial charge in [0.25, 0.3) is 0 Å². The molecule has 1 N–H and O–H groups in total. The van der Waals surface area contributed by atoms with E-state index in [1.165, 1.54) is 24.3 Å². The smallest absolute Gasteiger partial charge is 0.123 e. The molecule has 0 fully saturated rings. The van der Waals surface area contributed by atoms with Crippen molar-refractivity contribution in [1.82, 2.24) is 0 Å². The molecule has 3 aromatic carbocycles. The quantitative estimate of drug-likeness (QED) is 0.451. The topological polar surface area (TPSA) is 24.4 Å². The number of anilines is 1. The molecule has 3 aromatic rings. The van der Waals surface area contributed by atoms with E-state index in [9.17, 15) is 8.78 Å². The number of hydrogen-bond donors (Lipinski definition) is 1. The van der Waals surface area contributed by atoms with Crippen LogP contribution < -0.4 is 5.32 Å². The Hall–Kier alpha value is -2.69. The zero-order chi connectivity index (χ0) is 19.2. The molecule has 0 unspecified atom stereocenters. The van der Waals surface area contributed by atoms with E-state index in [-0.39, 0.29) is 11.6 Å². The van der Waals surface area contributed by atoms with Gasteiger partial charge in [-0.25, -0.2) is 8.78 Å². The molecule has 0 aromatic heterocycles. The standard InChI is InChI=1S/C21H14Cl2F2N2/c22-19-10-1-14(13-20(19)23)21(27-18-8-4-16(25)5-9-18)11-12-26-17-6-2-15(24)3-7-17/h1-13,27H. The summed E-state index contributed by atoms with van der Waals surface area (Å²) in [5.41, 5.74) is 2.78. The largest absolute Gasteiger partial charge is 0.355 e. The summed E-state index contributed by atoms with van der Waals surface area (Å²) >= 11 is 12.1. The first-order valence-corrected chi connectivity index (χ1v) is 8.75. The van der Waals surface area contributed by atoms with Gasteiger partial charge in [0, 0.05) is 17.6 Å². The lowest BCUT2D eigenvalue weighted by atomic mass is 10.1. The number of benzene rings is 3. The number of hydrogen-bond acceptors (Lipinski definition) is 2. The fourth-order valence-electron chi connectivity index (χ4n) is 2.29. The SMILES string of the molecule is Fc1ccc(N=CC=C(Nc2ccc(F)cc2)c2ccc(Cl)c(Cl)c2)cc1. The molecule has 0 spiro atoms. The third kappa shape index (κ3) is 5.39. The molecule has 0 amide bonds. The molecule has 27 heavy (non-hydrogen) atoms. The van der Waals surface area contributed by atoms with Crippen LogP contribution in [0.25, 0.3) is 5.70 Å². The molecule has 0 saturated carbocycles. The highest BCUT2D eigenvalue weighted by molar-refractivity contribution is 6.42. The minimum atomic E-state index is -0.321. The second kappa shape index (κ2) is 8.80.